The Hall–Kier alpha value is -2.17. The van der Waals surface area contributed by atoms with Crippen LogP contribution in [0.3, 0.4) is 0 Å². The Morgan fingerprint density at radius 1 is 1.35 bits per heavy atom. The zero-order valence-corrected chi connectivity index (χ0v) is 13.4. The van der Waals surface area contributed by atoms with Crippen molar-refractivity contribution in [2.75, 3.05) is 6.54 Å². The molecule has 23 heavy (non-hydrogen) atoms. The van der Waals surface area contributed by atoms with Crippen molar-refractivity contribution < 1.29 is 9.32 Å². The van der Waals surface area contributed by atoms with E-state index in [0.717, 1.165) is 31.5 Å². The highest BCUT2D eigenvalue weighted by Crippen LogP contribution is 2.40. The highest BCUT2D eigenvalue weighted by Gasteiger charge is 2.40. The molecule has 1 aromatic heterocycles. The average Bonchev–Trinajstić information content (AvgIpc) is 3.25. The molecule has 4 rings (SSSR count). The van der Waals surface area contributed by atoms with Gasteiger partial charge in [0.15, 0.2) is 5.82 Å². The van der Waals surface area contributed by atoms with Gasteiger partial charge in [-0.1, -0.05) is 36.3 Å². The molecule has 1 aromatic carbocycles. The second-order valence-electron chi connectivity index (χ2n) is 6.50. The van der Waals surface area contributed by atoms with Gasteiger partial charge >= 0.3 is 0 Å². The molecule has 2 unspecified atom stereocenters. The summed E-state index contributed by atoms with van der Waals surface area (Å²) in [6.07, 6.45) is 4.36. The van der Waals surface area contributed by atoms with E-state index >= 15 is 0 Å². The maximum atomic E-state index is 12.5. The molecule has 1 saturated heterocycles. The van der Waals surface area contributed by atoms with Gasteiger partial charge in [-0.25, -0.2) is 0 Å². The molecule has 0 spiro atoms. The summed E-state index contributed by atoms with van der Waals surface area (Å²) < 4.78 is 5.39. The molecule has 0 radical (unpaired) electrons. The van der Waals surface area contributed by atoms with E-state index < -0.39 is 0 Å². The van der Waals surface area contributed by atoms with Crippen molar-refractivity contribution in [3.8, 4) is 0 Å². The number of aromatic nitrogens is 2. The molecule has 2 aromatic rings. The van der Waals surface area contributed by atoms with Crippen LogP contribution in [-0.2, 0) is 17.6 Å². The van der Waals surface area contributed by atoms with Crippen molar-refractivity contribution in [2.24, 2.45) is 0 Å². The third-order valence-electron chi connectivity index (χ3n) is 4.94. The summed E-state index contributed by atoms with van der Waals surface area (Å²) in [5.41, 5.74) is 2.68. The molecule has 5 heteroatoms. The number of fused-ring (bicyclic) bond motifs is 1. The van der Waals surface area contributed by atoms with Gasteiger partial charge < -0.3 is 9.42 Å². The molecule has 1 fully saturated rings. The fourth-order valence-corrected chi connectivity index (χ4v) is 3.82. The minimum atomic E-state index is 0.0355. The fraction of sp³-hybridized carbons (Fsp3) is 0.500. The van der Waals surface area contributed by atoms with Crippen molar-refractivity contribution in [3.05, 3.63) is 47.1 Å². The number of aryl methyl sites for hydroxylation is 2. The predicted octanol–water partition coefficient (Wildman–Crippen LogP) is 3.03. The highest BCUT2D eigenvalue weighted by atomic mass is 16.5. The van der Waals surface area contributed by atoms with Crippen LogP contribution in [0.15, 0.2) is 28.8 Å². The number of carbonyl (C=O) groups excluding carboxylic acids is 1. The molecule has 1 aliphatic carbocycles. The molecular weight excluding hydrogens is 290 g/mol. The van der Waals surface area contributed by atoms with Gasteiger partial charge in [0.1, 0.15) is 0 Å². The summed E-state index contributed by atoms with van der Waals surface area (Å²) in [7, 11) is 0. The maximum Gasteiger partial charge on any atom is 0.232 e. The number of nitrogens with zero attached hydrogens (tertiary/aromatic N) is 3. The molecule has 120 valence electrons. The van der Waals surface area contributed by atoms with Gasteiger partial charge in [0.2, 0.25) is 11.8 Å². The van der Waals surface area contributed by atoms with E-state index in [-0.39, 0.29) is 17.9 Å². The molecule has 0 bridgehead atoms. The standard InChI is InChI=1S/C18H21N3O2/c1-2-5-16-19-18(23-20-16)13-10-17(22)21(11-13)15-9-8-12-6-3-4-7-14(12)15/h3-4,6-7,13,15H,2,5,8-11H2,1H3. The number of likely N-dealkylation sites (tertiary alicyclic amines) is 1. The van der Waals surface area contributed by atoms with Crippen molar-refractivity contribution in [1.82, 2.24) is 15.0 Å². The molecule has 1 amide bonds. The zero-order valence-electron chi connectivity index (χ0n) is 13.4. The van der Waals surface area contributed by atoms with E-state index in [9.17, 15) is 4.79 Å². The molecule has 2 atom stereocenters. The molecule has 0 saturated carbocycles. The van der Waals surface area contributed by atoms with Crippen LogP contribution in [0.25, 0.3) is 0 Å². The Labute approximate surface area is 135 Å². The minimum Gasteiger partial charge on any atom is -0.339 e. The molecule has 1 aliphatic heterocycles. The van der Waals surface area contributed by atoms with Crippen LogP contribution in [0, 0.1) is 0 Å². The molecule has 2 aliphatic rings. The molecule has 2 heterocycles. The summed E-state index contributed by atoms with van der Waals surface area (Å²) in [6, 6.07) is 8.66. The van der Waals surface area contributed by atoms with E-state index in [1.807, 2.05) is 4.90 Å². The second kappa shape index (κ2) is 5.80. The van der Waals surface area contributed by atoms with Gasteiger partial charge in [-0.3, -0.25) is 4.79 Å². The summed E-state index contributed by atoms with van der Waals surface area (Å²) in [5.74, 6) is 1.61. The van der Waals surface area contributed by atoms with Gasteiger partial charge in [-0.2, -0.15) is 4.98 Å². The van der Waals surface area contributed by atoms with Crippen LogP contribution in [0.2, 0.25) is 0 Å². The lowest BCUT2D eigenvalue weighted by Crippen LogP contribution is -2.28. The van der Waals surface area contributed by atoms with Crippen LogP contribution in [0.4, 0.5) is 0 Å². The zero-order chi connectivity index (χ0) is 15.8. The minimum absolute atomic E-state index is 0.0355. The topological polar surface area (TPSA) is 59.2 Å². The maximum absolute atomic E-state index is 12.5. The lowest BCUT2D eigenvalue weighted by molar-refractivity contribution is -0.129. The van der Waals surface area contributed by atoms with Crippen LogP contribution >= 0.6 is 0 Å². The monoisotopic (exact) mass is 311 g/mol. The average molecular weight is 311 g/mol. The first-order chi connectivity index (χ1) is 11.3. The number of hydrogen-bond donors (Lipinski definition) is 0. The van der Waals surface area contributed by atoms with E-state index in [2.05, 4.69) is 41.3 Å². The normalized spacial score (nSPS) is 23.5. The number of carbonyl (C=O) groups is 1. The fourth-order valence-electron chi connectivity index (χ4n) is 3.82. The van der Waals surface area contributed by atoms with Gasteiger partial charge in [-0.15, -0.1) is 0 Å². The summed E-state index contributed by atoms with van der Waals surface area (Å²) >= 11 is 0. The number of rotatable bonds is 4. The van der Waals surface area contributed by atoms with Gasteiger partial charge in [0.05, 0.1) is 12.0 Å². The number of benzene rings is 1. The van der Waals surface area contributed by atoms with Crippen molar-refractivity contribution >= 4 is 5.91 Å². The van der Waals surface area contributed by atoms with Gasteiger partial charge in [0.25, 0.3) is 0 Å². The van der Waals surface area contributed by atoms with Gasteiger partial charge in [-0.05, 0) is 30.4 Å². The van der Waals surface area contributed by atoms with Crippen molar-refractivity contribution in [3.63, 3.8) is 0 Å². The van der Waals surface area contributed by atoms with E-state index in [0.29, 0.717) is 18.9 Å². The van der Waals surface area contributed by atoms with Crippen LogP contribution in [0.1, 0.15) is 61.0 Å². The van der Waals surface area contributed by atoms with Gasteiger partial charge in [0, 0.05) is 19.4 Å². The quantitative estimate of drug-likeness (QED) is 0.871. The summed E-state index contributed by atoms with van der Waals surface area (Å²) in [5, 5.41) is 4.02. The highest BCUT2D eigenvalue weighted by molar-refractivity contribution is 5.80. The smallest absolute Gasteiger partial charge is 0.232 e. The summed E-state index contributed by atoms with van der Waals surface area (Å²) in [6.45, 7) is 2.78. The number of amides is 1. The Bertz CT molecular complexity index is 725. The Morgan fingerprint density at radius 2 is 2.22 bits per heavy atom. The van der Waals surface area contributed by atoms with E-state index in [1.54, 1.807) is 0 Å². The Kier molecular flexibility index (Phi) is 3.63. The summed E-state index contributed by atoms with van der Waals surface area (Å²) in [4.78, 5) is 19.0. The molecular formula is C18H21N3O2. The third kappa shape index (κ3) is 2.54. The lowest BCUT2D eigenvalue weighted by atomic mass is 10.1. The molecule has 5 nitrogen and oxygen atoms in total. The first-order valence-electron chi connectivity index (χ1n) is 8.46. The number of hydrogen-bond acceptors (Lipinski definition) is 4. The Balaban J connectivity index is 1.53. The Morgan fingerprint density at radius 3 is 3.09 bits per heavy atom. The third-order valence-corrected chi connectivity index (χ3v) is 4.94. The predicted molar refractivity (Wildman–Crippen MR) is 84.9 cm³/mol. The van der Waals surface area contributed by atoms with Crippen LogP contribution < -0.4 is 0 Å². The first-order valence-corrected chi connectivity index (χ1v) is 8.46. The first kappa shape index (κ1) is 14.4. The van der Waals surface area contributed by atoms with Crippen LogP contribution in [-0.4, -0.2) is 27.5 Å². The largest absolute Gasteiger partial charge is 0.339 e. The van der Waals surface area contributed by atoms with Crippen LogP contribution in [0.5, 0.6) is 0 Å². The van der Waals surface area contributed by atoms with E-state index in [4.69, 9.17) is 4.52 Å². The van der Waals surface area contributed by atoms with Crippen molar-refractivity contribution in [1.29, 1.82) is 0 Å². The second-order valence-corrected chi connectivity index (χ2v) is 6.50. The van der Waals surface area contributed by atoms with Crippen molar-refractivity contribution in [2.45, 2.75) is 51.0 Å². The lowest BCUT2D eigenvalue weighted by Gasteiger charge is -2.25. The van der Waals surface area contributed by atoms with E-state index in [1.165, 1.54) is 11.1 Å². The molecule has 0 N–H and O–H groups in total. The SMILES string of the molecule is CCCc1noc(C2CC(=O)N(C3CCc4ccccc43)C2)n1.